The summed E-state index contributed by atoms with van der Waals surface area (Å²) in [5.41, 5.74) is 2.39. The van der Waals surface area contributed by atoms with Crippen molar-refractivity contribution in [1.82, 2.24) is 15.2 Å². The van der Waals surface area contributed by atoms with Crippen molar-refractivity contribution in [3.05, 3.63) is 23.8 Å². The second-order valence-electron chi connectivity index (χ2n) is 6.70. The summed E-state index contributed by atoms with van der Waals surface area (Å²) in [6.07, 6.45) is 2.70. The van der Waals surface area contributed by atoms with E-state index in [1.165, 1.54) is 10.3 Å². The Hall–Kier alpha value is -1.66. The van der Waals surface area contributed by atoms with E-state index in [2.05, 4.69) is 47.2 Å². The fourth-order valence-electron chi connectivity index (χ4n) is 3.15. The molecule has 0 unspecified atom stereocenters. The Labute approximate surface area is 154 Å². The lowest BCUT2D eigenvalue weighted by molar-refractivity contribution is -0.121. The summed E-state index contributed by atoms with van der Waals surface area (Å²) in [6.45, 7) is 9.98. The van der Waals surface area contributed by atoms with Gasteiger partial charge in [0, 0.05) is 45.7 Å². The predicted octanol–water partition coefficient (Wildman–Crippen LogP) is 3.03. The molecule has 1 aromatic heterocycles. The molecule has 0 saturated carbocycles. The second-order valence-corrected chi connectivity index (χ2v) is 7.71. The first kappa shape index (κ1) is 18.1. The lowest BCUT2D eigenvalue weighted by Gasteiger charge is -2.34. The predicted molar refractivity (Wildman–Crippen MR) is 106 cm³/mol. The van der Waals surface area contributed by atoms with Gasteiger partial charge in [-0.25, -0.2) is 4.98 Å². The summed E-state index contributed by atoms with van der Waals surface area (Å²) >= 11 is 1.79. The SMILES string of the molecule is CCCCC(=O)NCCN1CCN(c2nc3c(C)cccc3s2)CC1. The van der Waals surface area contributed by atoms with Crippen LogP contribution in [0.15, 0.2) is 18.2 Å². The maximum atomic E-state index is 11.6. The van der Waals surface area contributed by atoms with E-state index >= 15 is 0 Å². The Bertz CT molecular complexity index is 707. The Kier molecular flexibility index (Phi) is 6.26. The van der Waals surface area contributed by atoms with Crippen molar-refractivity contribution in [3.8, 4) is 0 Å². The molecule has 0 aliphatic carbocycles. The zero-order valence-corrected chi connectivity index (χ0v) is 16.1. The summed E-state index contributed by atoms with van der Waals surface area (Å²) in [5, 5.41) is 4.16. The number of hydrogen-bond acceptors (Lipinski definition) is 5. The number of unbranched alkanes of at least 4 members (excludes halogenated alkanes) is 1. The number of anilines is 1. The first-order valence-electron chi connectivity index (χ1n) is 9.27. The van der Waals surface area contributed by atoms with Crippen LogP contribution in [0.25, 0.3) is 10.2 Å². The molecular formula is C19H28N4OS. The average Bonchev–Trinajstić information content (AvgIpc) is 3.06. The number of benzene rings is 1. The van der Waals surface area contributed by atoms with Crippen molar-refractivity contribution in [2.75, 3.05) is 44.2 Å². The van der Waals surface area contributed by atoms with Crippen LogP contribution >= 0.6 is 11.3 Å². The lowest BCUT2D eigenvalue weighted by Crippen LogP contribution is -2.48. The second kappa shape index (κ2) is 8.63. The zero-order valence-electron chi connectivity index (χ0n) is 15.3. The standard InChI is InChI=1S/C19H28N4OS/c1-3-4-8-17(24)20-9-10-22-11-13-23(14-12-22)19-21-18-15(2)6-5-7-16(18)25-19/h5-7H,3-4,8-14H2,1-2H3,(H,20,24). The number of carbonyl (C=O) groups is 1. The molecule has 0 atom stereocenters. The number of carbonyl (C=O) groups excluding carboxylic acids is 1. The third-order valence-corrected chi connectivity index (χ3v) is 5.84. The Morgan fingerprint density at radius 2 is 2.08 bits per heavy atom. The number of nitrogens with one attached hydrogen (secondary N) is 1. The van der Waals surface area contributed by atoms with Gasteiger partial charge in [0.25, 0.3) is 0 Å². The van der Waals surface area contributed by atoms with Crippen LogP contribution in [-0.4, -0.2) is 55.1 Å². The molecule has 136 valence electrons. The third kappa shape index (κ3) is 4.70. The Morgan fingerprint density at radius 3 is 2.80 bits per heavy atom. The highest BCUT2D eigenvalue weighted by Crippen LogP contribution is 2.30. The number of fused-ring (bicyclic) bond motifs is 1. The van der Waals surface area contributed by atoms with Crippen molar-refractivity contribution >= 4 is 32.6 Å². The molecule has 3 rings (SSSR count). The summed E-state index contributed by atoms with van der Waals surface area (Å²) < 4.78 is 1.27. The number of thiazole rings is 1. The molecule has 25 heavy (non-hydrogen) atoms. The van der Waals surface area contributed by atoms with E-state index in [4.69, 9.17) is 4.98 Å². The topological polar surface area (TPSA) is 48.5 Å². The molecular weight excluding hydrogens is 332 g/mol. The zero-order chi connectivity index (χ0) is 17.6. The molecule has 2 heterocycles. The molecule has 1 aliphatic heterocycles. The molecule has 5 nitrogen and oxygen atoms in total. The summed E-state index contributed by atoms with van der Waals surface area (Å²) in [5.74, 6) is 0.185. The van der Waals surface area contributed by atoms with Crippen molar-refractivity contribution < 1.29 is 4.79 Å². The van der Waals surface area contributed by atoms with Gasteiger partial charge in [0.2, 0.25) is 5.91 Å². The minimum absolute atomic E-state index is 0.185. The van der Waals surface area contributed by atoms with Crippen molar-refractivity contribution in [3.63, 3.8) is 0 Å². The van der Waals surface area contributed by atoms with Crippen LogP contribution in [0.5, 0.6) is 0 Å². The highest BCUT2D eigenvalue weighted by atomic mass is 32.1. The summed E-state index contributed by atoms with van der Waals surface area (Å²) in [7, 11) is 0. The van der Waals surface area contributed by atoms with E-state index in [1.54, 1.807) is 11.3 Å². The minimum atomic E-state index is 0.185. The highest BCUT2D eigenvalue weighted by molar-refractivity contribution is 7.22. The van der Waals surface area contributed by atoms with E-state index in [0.717, 1.165) is 62.8 Å². The van der Waals surface area contributed by atoms with E-state index in [1.807, 2.05) is 0 Å². The average molecular weight is 361 g/mol. The fraction of sp³-hybridized carbons (Fsp3) is 0.579. The number of piperazine rings is 1. The first-order valence-corrected chi connectivity index (χ1v) is 10.1. The van der Waals surface area contributed by atoms with Gasteiger partial charge < -0.3 is 10.2 Å². The van der Waals surface area contributed by atoms with E-state index in [9.17, 15) is 4.79 Å². The van der Waals surface area contributed by atoms with Gasteiger partial charge >= 0.3 is 0 Å². The van der Waals surface area contributed by atoms with Gasteiger partial charge in [0.05, 0.1) is 10.2 Å². The first-order chi connectivity index (χ1) is 12.2. The normalized spacial score (nSPS) is 15.7. The molecule has 1 aliphatic rings. The van der Waals surface area contributed by atoms with E-state index in [0.29, 0.717) is 6.42 Å². The molecule has 1 amide bonds. The van der Waals surface area contributed by atoms with Gasteiger partial charge in [-0.15, -0.1) is 0 Å². The van der Waals surface area contributed by atoms with Crippen LogP contribution in [0.3, 0.4) is 0 Å². The van der Waals surface area contributed by atoms with Gasteiger partial charge in [-0.1, -0.05) is 36.8 Å². The molecule has 1 saturated heterocycles. The van der Waals surface area contributed by atoms with Crippen molar-refractivity contribution in [1.29, 1.82) is 0 Å². The van der Waals surface area contributed by atoms with Gasteiger partial charge in [-0.2, -0.15) is 0 Å². The van der Waals surface area contributed by atoms with Crippen molar-refractivity contribution in [2.24, 2.45) is 0 Å². The van der Waals surface area contributed by atoms with Crippen LogP contribution in [0.1, 0.15) is 31.7 Å². The quantitative estimate of drug-likeness (QED) is 0.824. The van der Waals surface area contributed by atoms with Gasteiger partial charge in [-0.3, -0.25) is 9.69 Å². The monoisotopic (exact) mass is 360 g/mol. The van der Waals surface area contributed by atoms with Crippen molar-refractivity contribution in [2.45, 2.75) is 33.1 Å². The minimum Gasteiger partial charge on any atom is -0.355 e. The van der Waals surface area contributed by atoms with Crippen LogP contribution in [0.4, 0.5) is 5.13 Å². The van der Waals surface area contributed by atoms with Gasteiger partial charge in [-0.05, 0) is 25.0 Å². The summed E-state index contributed by atoms with van der Waals surface area (Å²) in [4.78, 5) is 21.3. The van der Waals surface area contributed by atoms with Crippen LogP contribution in [0.2, 0.25) is 0 Å². The third-order valence-electron chi connectivity index (χ3n) is 4.76. The highest BCUT2D eigenvalue weighted by Gasteiger charge is 2.20. The molecule has 0 spiro atoms. The number of para-hydroxylation sites is 1. The number of rotatable bonds is 7. The number of hydrogen-bond donors (Lipinski definition) is 1. The van der Waals surface area contributed by atoms with Crippen LogP contribution in [0, 0.1) is 6.92 Å². The van der Waals surface area contributed by atoms with Crippen LogP contribution in [-0.2, 0) is 4.79 Å². The smallest absolute Gasteiger partial charge is 0.220 e. The van der Waals surface area contributed by atoms with Gasteiger partial charge in [0.15, 0.2) is 5.13 Å². The molecule has 0 bridgehead atoms. The van der Waals surface area contributed by atoms with Crippen LogP contribution < -0.4 is 10.2 Å². The number of amides is 1. The number of aryl methyl sites for hydroxylation is 1. The molecule has 6 heteroatoms. The Morgan fingerprint density at radius 1 is 1.28 bits per heavy atom. The summed E-state index contributed by atoms with van der Waals surface area (Å²) in [6, 6.07) is 6.38. The van der Waals surface area contributed by atoms with E-state index < -0.39 is 0 Å². The fourth-order valence-corrected chi connectivity index (χ4v) is 4.25. The maximum absolute atomic E-state index is 11.6. The maximum Gasteiger partial charge on any atom is 0.220 e. The van der Waals surface area contributed by atoms with Gasteiger partial charge in [0.1, 0.15) is 0 Å². The van der Waals surface area contributed by atoms with E-state index in [-0.39, 0.29) is 5.91 Å². The molecule has 1 N–H and O–H groups in total. The lowest BCUT2D eigenvalue weighted by atomic mass is 10.2. The largest absolute Gasteiger partial charge is 0.355 e. The number of aromatic nitrogens is 1. The molecule has 1 fully saturated rings. The number of nitrogens with zero attached hydrogens (tertiary/aromatic N) is 3. The molecule has 2 aromatic rings. The Balaban J connectivity index is 1.45. The molecule has 0 radical (unpaired) electrons. The molecule has 1 aromatic carbocycles.